The van der Waals surface area contributed by atoms with E-state index in [0.717, 1.165) is 12.2 Å². The number of hydrogen-bond acceptors (Lipinski definition) is 7. The monoisotopic (exact) mass is 283 g/mol. The Kier molecular flexibility index (Phi) is 4.41. The van der Waals surface area contributed by atoms with Crippen LogP contribution >= 0.6 is 11.8 Å². The topological polar surface area (TPSA) is 93.0 Å². The van der Waals surface area contributed by atoms with Crippen molar-refractivity contribution in [2.75, 3.05) is 35.7 Å². The molecule has 1 saturated heterocycles. The fraction of sp³-hybridized carbons (Fsp3) is 0.636. The van der Waals surface area contributed by atoms with Crippen LogP contribution in [0.4, 0.5) is 17.5 Å². The molecule has 0 saturated carbocycles. The van der Waals surface area contributed by atoms with Crippen LogP contribution in [0, 0.1) is 23.0 Å². The largest absolute Gasteiger partial charge is 0.364 e. The summed E-state index contributed by atoms with van der Waals surface area (Å²) in [6.07, 6.45) is 1.15. The van der Waals surface area contributed by atoms with Crippen LogP contribution in [0.3, 0.4) is 0 Å². The third-order valence-electron chi connectivity index (χ3n) is 3.05. The third kappa shape index (κ3) is 3.25. The molecule has 1 fully saturated rings. The van der Waals surface area contributed by atoms with Gasteiger partial charge in [0.25, 0.3) is 0 Å². The second-order valence-electron chi connectivity index (χ2n) is 4.45. The number of thioether (sulfide) groups is 1. The molecule has 0 aromatic carbocycles. The van der Waals surface area contributed by atoms with Gasteiger partial charge < -0.3 is 10.6 Å². The number of nitrogens with one attached hydrogen (secondary N) is 2. The predicted octanol–water partition coefficient (Wildman–Crippen LogP) is 1.90. The molecule has 0 bridgehead atoms. The SMILES string of the molecule is CNc1nc(C)c([N+](=O)[O-])c(NCC2CCSC2)n1. The summed E-state index contributed by atoms with van der Waals surface area (Å²) >= 11 is 1.92. The van der Waals surface area contributed by atoms with Crippen LogP contribution in [0.2, 0.25) is 0 Å². The number of hydrogen-bond donors (Lipinski definition) is 2. The van der Waals surface area contributed by atoms with Crippen LogP contribution < -0.4 is 10.6 Å². The molecule has 104 valence electrons. The molecule has 8 heteroatoms. The molecular formula is C11H17N5O2S. The third-order valence-corrected chi connectivity index (χ3v) is 4.28. The Morgan fingerprint density at radius 1 is 1.53 bits per heavy atom. The lowest BCUT2D eigenvalue weighted by atomic mass is 10.1. The van der Waals surface area contributed by atoms with E-state index in [1.807, 2.05) is 11.8 Å². The zero-order valence-electron chi connectivity index (χ0n) is 11.0. The molecule has 0 aliphatic carbocycles. The van der Waals surface area contributed by atoms with Crippen molar-refractivity contribution in [1.82, 2.24) is 9.97 Å². The van der Waals surface area contributed by atoms with Gasteiger partial charge in [-0.1, -0.05) is 0 Å². The maximum Gasteiger partial charge on any atom is 0.332 e. The van der Waals surface area contributed by atoms with E-state index >= 15 is 0 Å². The molecule has 2 heterocycles. The summed E-state index contributed by atoms with van der Waals surface area (Å²) in [7, 11) is 1.69. The summed E-state index contributed by atoms with van der Waals surface area (Å²) in [5.74, 6) is 3.52. The molecule has 1 aliphatic heterocycles. The van der Waals surface area contributed by atoms with Crippen molar-refractivity contribution >= 4 is 29.2 Å². The number of rotatable bonds is 5. The highest BCUT2D eigenvalue weighted by Gasteiger charge is 2.23. The Morgan fingerprint density at radius 2 is 2.32 bits per heavy atom. The van der Waals surface area contributed by atoms with E-state index < -0.39 is 4.92 Å². The van der Waals surface area contributed by atoms with E-state index in [0.29, 0.717) is 29.9 Å². The molecular weight excluding hydrogens is 266 g/mol. The first-order valence-electron chi connectivity index (χ1n) is 6.14. The van der Waals surface area contributed by atoms with Gasteiger partial charge in [-0.3, -0.25) is 10.1 Å². The van der Waals surface area contributed by atoms with Gasteiger partial charge in [-0.05, 0) is 30.8 Å². The molecule has 2 rings (SSSR count). The summed E-state index contributed by atoms with van der Waals surface area (Å²) in [6.45, 7) is 2.34. The van der Waals surface area contributed by atoms with E-state index in [1.165, 1.54) is 5.75 Å². The molecule has 1 aromatic rings. The van der Waals surface area contributed by atoms with Gasteiger partial charge in [0.2, 0.25) is 11.8 Å². The van der Waals surface area contributed by atoms with Crippen LogP contribution in [0.5, 0.6) is 0 Å². The lowest BCUT2D eigenvalue weighted by Gasteiger charge is -2.12. The zero-order valence-corrected chi connectivity index (χ0v) is 11.8. The van der Waals surface area contributed by atoms with Crippen molar-refractivity contribution in [1.29, 1.82) is 0 Å². The van der Waals surface area contributed by atoms with Crippen LogP contribution in [0.1, 0.15) is 12.1 Å². The molecule has 1 unspecified atom stereocenters. The minimum absolute atomic E-state index is 0.0374. The normalized spacial score (nSPS) is 18.3. The van der Waals surface area contributed by atoms with Crippen LogP contribution in [0.25, 0.3) is 0 Å². The van der Waals surface area contributed by atoms with Gasteiger partial charge in [-0.2, -0.15) is 16.7 Å². The molecule has 0 spiro atoms. The van der Waals surface area contributed by atoms with E-state index in [-0.39, 0.29) is 5.69 Å². The number of nitro groups is 1. The van der Waals surface area contributed by atoms with E-state index in [4.69, 9.17) is 0 Å². The van der Waals surface area contributed by atoms with Gasteiger partial charge in [0.15, 0.2) is 0 Å². The molecule has 7 nitrogen and oxygen atoms in total. The van der Waals surface area contributed by atoms with Gasteiger partial charge in [0.05, 0.1) is 4.92 Å². The maximum absolute atomic E-state index is 11.1. The van der Waals surface area contributed by atoms with Crippen molar-refractivity contribution in [2.24, 2.45) is 5.92 Å². The first-order valence-corrected chi connectivity index (χ1v) is 7.29. The van der Waals surface area contributed by atoms with E-state index in [2.05, 4.69) is 20.6 Å². The molecule has 1 aliphatic rings. The Bertz CT molecular complexity index is 476. The summed E-state index contributed by atoms with van der Waals surface area (Å²) in [5.41, 5.74) is 0.331. The highest BCUT2D eigenvalue weighted by atomic mass is 32.2. The van der Waals surface area contributed by atoms with E-state index in [9.17, 15) is 10.1 Å². The van der Waals surface area contributed by atoms with Crippen LogP contribution in [-0.2, 0) is 0 Å². The summed E-state index contributed by atoms with van der Waals surface area (Å²) < 4.78 is 0. The average molecular weight is 283 g/mol. The second kappa shape index (κ2) is 6.05. The number of aromatic nitrogens is 2. The van der Waals surface area contributed by atoms with Gasteiger partial charge >= 0.3 is 5.69 Å². The van der Waals surface area contributed by atoms with Crippen molar-refractivity contribution in [3.8, 4) is 0 Å². The molecule has 19 heavy (non-hydrogen) atoms. The van der Waals surface area contributed by atoms with Crippen molar-refractivity contribution in [3.63, 3.8) is 0 Å². The van der Waals surface area contributed by atoms with Crippen LogP contribution in [0.15, 0.2) is 0 Å². The Morgan fingerprint density at radius 3 is 2.89 bits per heavy atom. The van der Waals surface area contributed by atoms with Gasteiger partial charge in [-0.25, -0.2) is 4.98 Å². The lowest BCUT2D eigenvalue weighted by molar-refractivity contribution is -0.385. The Labute approximate surface area is 115 Å². The van der Waals surface area contributed by atoms with Gasteiger partial charge in [0.1, 0.15) is 5.69 Å². The zero-order chi connectivity index (χ0) is 13.8. The standard InChI is InChI=1S/C11H17N5O2S/c1-7-9(16(17)18)10(15-11(12-2)14-7)13-5-8-3-4-19-6-8/h8H,3-6H2,1-2H3,(H2,12,13,14,15). The van der Waals surface area contributed by atoms with Crippen molar-refractivity contribution in [2.45, 2.75) is 13.3 Å². The Balaban J connectivity index is 2.20. The van der Waals surface area contributed by atoms with E-state index in [1.54, 1.807) is 14.0 Å². The minimum Gasteiger partial charge on any atom is -0.364 e. The second-order valence-corrected chi connectivity index (χ2v) is 5.60. The minimum atomic E-state index is -0.430. The van der Waals surface area contributed by atoms with Crippen LogP contribution in [-0.4, -0.2) is 40.0 Å². The molecule has 2 N–H and O–H groups in total. The Hall–Kier alpha value is -1.57. The fourth-order valence-electron chi connectivity index (χ4n) is 2.01. The number of nitrogens with zero attached hydrogens (tertiary/aromatic N) is 3. The first kappa shape index (κ1) is 13.9. The van der Waals surface area contributed by atoms with Gasteiger partial charge in [-0.15, -0.1) is 0 Å². The predicted molar refractivity (Wildman–Crippen MR) is 76.9 cm³/mol. The summed E-state index contributed by atoms with van der Waals surface area (Å²) in [6, 6.07) is 0. The molecule has 0 amide bonds. The number of aryl methyl sites for hydroxylation is 1. The van der Waals surface area contributed by atoms with Gasteiger partial charge in [0, 0.05) is 13.6 Å². The highest BCUT2D eigenvalue weighted by Crippen LogP contribution is 2.28. The maximum atomic E-state index is 11.1. The molecule has 1 aromatic heterocycles. The molecule has 0 radical (unpaired) electrons. The number of anilines is 2. The van der Waals surface area contributed by atoms with Crippen molar-refractivity contribution < 1.29 is 4.92 Å². The lowest BCUT2D eigenvalue weighted by Crippen LogP contribution is -2.16. The quantitative estimate of drug-likeness (QED) is 0.629. The smallest absolute Gasteiger partial charge is 0.332 e. The summed E-state index contributed by atoms with van der Waals surface area (Å²) in [5, 5.41) is 17.0. The average Bonchev–Trinajstić information content (AvgIpc) is 2.88. The van der Waals surface area contributed by atoms with Crippen molar-refractivity contribution in [3.05, 3.63) is 15.8 Å². The fourth-order valence-corrected chi connectivity index (χ4v) is 3.29. The highest BCUT2D eigenvalue weighted by molar-refractivity contribution is 7.99. The first-order chi connectivity index (χ1) is 9.11. The summed E-state index contributed by atoms with van der Waals surface area (Å²) in [4.78, 5) is 18.9. The molecule has 1 atom stereocenters.